The normalized spacial score (nSPS) is 15.9. The molecule has 0 spiro atoms. The second-order valence-corrected chi connectivity index (χ2v) is 9.36. The molecule has 36 heavy (non-hydrogen) atoms. The number of carbonyl (C=O) groups excluding carboxylic acids is 1. The standard InChI is InChI=1S/C26H25ClFN7O/c1-15-23(26(36)34-10-4-5-18(14-34)30-2)35(19-8-9-22-20(12-19)24(27)33(3)32-22)25(31-15)16-6-7-17(13-29)21(28)11-16/h6-9,11-12,18,30H,4-5,10,14H2,1-3H3/t18-/m1/s1. The van der Waals surface area contributed by atoms with Crippen molar-refractivity contribution in [2.24, 2.45) is 7.05 Å². The van der Waals surface area contributed by atoms with Crippen LogP contribution in [0.15, 0.2) is 36.4 Å². The molecule has 1 amide bonds. The van der Waals surface area contributed by atoms with Crippen LogP contribution in [0, 0.1) is 24.1 Å². The van der Waals surface area contributed by atoms with E-state index in [0.29, 0.717) is 46.7 Å². The Morgan fingerprint density at radius 2 is 2.08 bits per heavy atom. The Balaban J connectivity index is 1.72. The highest BCUT2D eigenvalue weighted by Crippen LogP contribution is 2.32. The monoisotopic (exact) mass is 505 g/mol. The van der Waals surface area contributed by atoms with Crippen LogP contribution >= 0.6 is 11.6 Å². The molecule has 1 fully saturated rings. The number of nitrogens with zero attached hydrogens (tertiary/aromatic N) is 6. The van der Waals surface area contributed by atoms with Crippen LogP contribution in [0.5, 0.6) is 0 Å². The molecule has 0 aliphatic carbocycles. The fourth-order valence-electron chi connectivity index (χ4n) is 4.81. The lowest BCUT2D eigenvalue weighted by atomic mass is 10.1. The average Bonchev–Trinajstić information content (AvgIpc) is 3.38. The lowest BCUT2D eigenvalue weighted by Gasteiger charge is -2.33. The van der Waals surface area contributed by atoms with Gasteiger partial charge in [-0.15, -0.1) is 0 Å². The first kappa shape index (κ1) is 24.0. The van der Waals surface area contributed by atoms with Gasteiger partial charge in [-0.2, -0.15) is 10.4 Å². The quantitative estimate of drug-likeness (QED) is 0.448. The number of carbonyl (C=O) groups is 1. The molecule has 2 aromatic heterocycles. The minimum absolute atomic E-state index is 0.0557. The minimum atomic E-state index is -0.645. The molecule has 0 saturated carbocycles. The first-order chi connectivity index (χ1) is 17.3. The van der Waals surface area contributed by atoms with Gasteiger partial charge in [0.1, 0.15) is 28.6 Å². The van der Waals surface area contributed by atoms with Crippen LogP contribution in [-0.4, -0.2) is 56.3 Å². The van der Waals surface area contributed by atoms with E-state index in [1.54, 1.807) is 29.3 Å². The largest absolute Gasteiger partial charge is 0.336 e. The first-order valence-corrected chi connectivity index (χ1v) is 12.1. The van der Waals surface area contributed by atoms with E-state index in [1.165, 1.54) is 12.1 Å². The molecule has 1 aliphatic rings. The molecule has 3 heterocycles. The summed E-state index contributed by atoms with van der Waals surface area (Å²) in [7, 11) is 3.66. The number of nitrogens with one attached hydrogen (secondary N) is 1. The van der Waals surface area contributed by atoms with E-state index >= 15 is 0 Å². The number of rotatable bonds is 4. The van der Waals surface area contributed by atoms with Gasteiger partial charge in [0.15, 0.2) is 0 Å². The molecule has 1 atom stereocenters. The molecule has 10 heteroatoms. The summed E-state index contributed by atoms with van der Waals surface area (Å²) < 4.78 is 17.9. The number of imidazole rings is 1. The summed E-state index contributed by atoms with van der Waals surface area (Å²) in [4.78, 5) is 20.5. The summed E-state index contributed by atoms with van der Waals surface area (Å²) >= 11 is 6.49. The predicted molar refractivity (Wildman–Crippen MR) is 136 cm³/mol. The molecule has 1 saturated heterocycles. The van der Waals surface area contributed by atoms with Crippen molar-refractivity contribution >= 4 is 28.4 Å². The highest BCUT2D eigenvalue weighted by atomic mass is 35.5. The van der Waals surface area contributed by atoms with E-state index in [2.05, 4.69) is 10.4 Å². The number of hydrogen-bond acceptors (Lipinski definition) is 5. The molecule has 2 aromatic carbocycles. The van der Waals surface area contributed by atoms with E-state index in [-0.39, 0.29) is 17.5 Å². The van der Waals surface area contributed by atoms with Gasteiger partial charge in [-0.3, -0.25) is 14.0 Å². The average molecular weight is 506 g/mol. The molecule has 184 valence electrons. The van der Waals surface area contributed by atoms with Gasteiger partial charge in [0, 0.05) is 42.8 Å². The number of hydrogen-bond donors (Lipinski definition) is 1. The first-order valence-electron chi connectivity index (χ1n) is 11.7. The van der Waals surface area contributed by atoms with Gasteiger partial charge in [0.25, 0.3) is 5.91 Å². The van der Waals surface area contributed by atoms with E-state index in [9.17, 15) is 9.18 Å². The Morgan fingerprint density at radius 1 is 1.28 bits per heavy atom. The molecular formula is C26H25ClFN7O. The van der Waals surface area contributed by atoms with Crippen molar-refractivity contribution in [2.75, 3.05) is 20.1 Å². The SMILES string of the molecule is CN[C@@H]1CCCN(C(=O)c2c(C)nc(-c3ccc(C#N)c(F)c3)n2-c2ccc3nn(C)c(Cl)c3c2)C1. The Labute approximate surface area is 212 Å². The smallest absolute Gasteiger partial charge is 0.272 e. The number of benzene rings is 2. The van der Waals surface area contributed by atoms with Crippen LogP contribution in [0.3, 0.4) is 0 Å². The number of likely N-dealkylation sites (tertiary alicyclic amines) is 1. The van der Waals surface area contributed by atoms with Crippen molar-refractivity contribution in [1.82, 2.24) is 29.5 Å². The second kappa shape index (κ2) is 9.37. The number of halogens is 2. The third-order valence-electron chi connectivity index (χ3n) is 6.72. The van der Waals surface area contributed by atoms with Crippen molar-refractivity contribution in [2.45, 2.75) is 25.8 Å². The maximum Gasteiger partial charge on any atom is 0.272 e. The summed E-state index contributed by atoms with van der Waals surface area (Å²) in [5.41, 5.74) is 2.71. The van der Waals surface area contributed by atoms with Crippen LogP contribution in [0.4, 0.5) is 4.39 Å². The van der Waals surface area contributed by atoms with Crippen LogP contribution in [0.1, 0.15) is 34.6 Å². The molecule has 0 radical (unpaired) electrons. The highest BCUT2D eigenvalue weighted by molar-refractivity contribution is 6.34. The second-order valence-electron chi connectivity index (χ2n) is 9.01. The minimum Gasteiger partial charge on any atom is -0.336 e. The summed E-state index contributed by atoms with van der Waals surface area (Å²) in [5, 5.41) is 18.0. The van der Waals surface area contributed by atoms with Crippen LogP contribution in [0.2, 0.25) is 5.15 Å². The number of nitriles is 1. The molecule has 1 aliphatic heterocycles. The topological polar surface area (TPSA) is 91.8 Å². The third kappa shape index (κ3) is 4.02. The zero-order valence-corrected chi connectivity index (χ0v) is 21.0. The van der Waals surface area contributed by atoms with Crippen molar-refractivity contribution in [3.8, 4) is 23.1 Å². The van der Waals surface area contributed by atoms with Gasteiger partial charge in [0.05, 0.1) is 16.8 Å². The maximum absolute atomic E-state index is 14.6. The van der Waals surface area contributed by atoms with Gasteiger partial charge >= 0.3 is 0 Å². The zero-order valence-electron chi connectivity index (χ0n) is 20.2. The fourth-order valence-corrected chi connectivity index (χ4v) is 5.00. The summed E-state index contributed by atoms with van der Waals surface area (Å²) in [6.07, 6.45) is 1.90. The zero-order chi connectivity index (χ0) is 25.6. The molecule has 1 N–H and O–H groups in total. The van der Waals surface area contributed by atoms with E-state index in [1.807, 2.05) is 36.2 Å². The summed E-state index contributed by atoms with van der Waals surface area (Å²) in [6, 6.07) is 11.9. The van der Waals surface area contributed by atoms with Crippen LogP contribution < -0.4 is 5.32 Å². The van der Waals surface area contributed by atoms with E-state index < -0.39 is 5.82 Å². The third-order valence-corrected chi connectivity index (χ3v) is 7.17. The molecule has 0 unspecified atom stereocenters. The number of aryl methyl sites for hydroxylation is 2. The molecule has 5 rings (SSSR count). The van der Waals surface area contributed by atoms with E-state index in [0.717, 1.165) is 23.7 Å². The Bertz CT molecular complexity index is 1530. The van der Waals surface area contributed by atoms with Gasteiger partial charge in [-0.25, -0.2) is 9.37 Å². The van der Waals surface area contributed by atoms with Gasteiger partial charge in [-0.05, 0) is 63.2 Å². The van der Waals surface area contributed by atoms with Crippen molar-refractivity contribution in [3.05, 3.63) is 64.3 Å². The molecule has 8 nitrogen and oxygen atoms in total. The molecular weight excluding hydrogens is 481 g/mol. The van der Waals surface area contributed by atoms with Crippen molar-refractivity contribution in [3.63, 3.8) is 0 Å². The van der Waals surface area contributed by atoms with Gasteiger partial charge < -0.3 is 10.2 Å². The number of amides is 1. The van der Waals surface area contributed by atoms with Crippen molar-refractivity contribution in [1.29, 1.82) is 5.26 Å². The van der Waals surface area contributed by atoms with Gasteiger partial charge in [0.2, 0.25) is 0 Å². The van der Waals surface area contributed by atoms with Crippen molar-refractivity contribution < 1.29 is 9.18 Å². The van der Waals surface area contributed by atoms with Crippen LogP contribution in [-0.2, 0) is 7.05 Å². The fraction of sp³-hybridized carbons (Fsp3) is 0.308. The Kier molecular flexibility index (Phi) is 6.24. The maximum atomic E-state index is 14.6. The lowest BCUT2D eigenvalue weighted by molar-refractivity contribution is 0.0689. The van der Waals surface area contributed by atoms with Crippen LogP contribution in [0.25, 0.3) is 28.0 Å². The highest BCUT2D eigenvalue weighted by Gasteiger charge is 2.30. The van der Waals surface area contributed by atoms with E-state index in [4.69, 9.17) is 21.8 Å². The Morgan fingerprint density at radius 3 is 2.81 bits per heavy atom. The molecule has 4 aromatic rings. The lowest BCUT2D eigenvalue weighted by Crippen LogP contribution is -2.47. The summed E-state index contributed by atoms with van der Waals surface area (Å²) in [6.45, 7) is 3.02. The molecule has 0 bridgehead atoms. The van der Waals surface area contributed by atoms with Gasteiger partial charge in [-0.1, -0.05) is 11.6 Å². The Hall–Kier alpha value is -3.74. The number of fused-ring (bicyclic) bond motifs is 1. The number of piperidine rings is 1. The number of likely N-dealkylation sites (N-methyl/N-ethyl adjacent to an activating group) is 1. The predicted octanol–water partition coefficient (Wildman–Crippen LogP) is 4.22. The summed E-state index contributed by atoms with van der Waals surface area (Å²) in [5.74, 6) is -0.382. The number of aromatic nitrogens is 4.